The molecule has 2 heteroatoms. The van der Waals surface area contributed by atoms with E-state index in [2.05, 4.69) is 91.6 Å². The van der Waals surface area contributed by atoms with E-state index >= 15 is 0 Å². The summed E-state index contributed by atoms with van der Waals surface area (Å²) < 4.78 is 0. The fraction of sp³-hybridized carbons (Fsp3) is 0.150. The maximum absolute atomic E-state index is 4.50. The second-order valence-electron chi connectivity index (χ2n) is 5.69. The lowest BCUT2D eigenvalue weighted by atomic mass is 10.0. The fourth-order valence-electron chi connectivity index (χ4n) is 2.67. The molecule has 0 aliphatic heterocycles. The van der Waals surface area contributed by atoms with Crippen LogP contribution in [-0.4, -0.2) is 19.1 Å². The van der Waals surface area contributed by atoms with Gasteiger partial charge in [0.1, 0.15) is 0 Å². The zero-order chi connectivity index (χ0) is 15.5. The van der Waals surface area contributed by atoms with Crippen molar-refractivity contribution < 1.29 is 0 Å². The predicted octanol–water partition coefficient (Wildman–Crippen LogP) is 4.78. The molecule has 0 spiro atoms. The minimum atomic E-state index is 0.974. The third-order valence-electron chi connectivity index (χ3n) is 3.83. The van der Waals surface area contributed by atoms with E-state index in [0.717, 1.165) is 5.69 Å². The Kier molecular flexibility index (Phi) is 3.92. The molecule has 110 valence electrons. The van der Waals surface area contributed by atoms with Crippen molar-refractivity contribution in [1.82, 2.24) is 4.98 Å². The van der Waals surface area contributed by atoms with Crippen LogP contribution in [0.3, 0.4) is 0 Å². The van der Waals surface area contributed by atoms with Gasteiger partial charge in [-0.15, -0.1) is 0 Å². The highest BCUT2D eigenvalue weighted by Crippen LogP contribution is 2.22. The second-order valence-corrected chi connectivity index (χ2v) is 5.69. The monoisotopic (exact) mass is 288 g/mol. The molecule has 2 aromatic carbocycles. The van der Waals surface area contributed by atoms with Gasteiger partial charge in [0.25, 0.3) is 0 Å². The summed E-state index contributed by atoms with van der Waals surface area (Å²) in [7, 11) is 4.11. The Balaban J connectivity index is 1.98. The first-order valence-corrected chi connectivity index (χ1v) is 7.45. The molecule has 0 saturated carbocycles. The van der Waals surface area contributed by atoms with Crippen LogP contribution in [0.15, 0.2) is 54.7 Å². The Morgan fingerprint density at radius 1 is 0.955 bits per heavy atom. The molecule has 0 radical (unpaired) electrons. The van der Waals surface area contributed by atoms with Gasteiger partial charge in [-0.3, -0.25) is 4.98 Å². The molecule has 0 fully saturated rings. The largest absolute Gasteiger partial charge is 0.377 e. The summed E-state index contributed by atoms with van der Waals surface area (Å²) in [5.41, 5.74) is 4.58. The molecule has 22 heavy (non-hydrogen) atoms. The number of anilines is 1. The van der Waals surface area contributed by atoms with E-state index in [0.29, 0.717) is 0 Å². The highest BCUT2D eigenvalue weighted by atomic mass is 15.1. The first kappa shape index (κ1) is 14.3. The molecular formula is C20H20N2. The van der Waals surface area contributed by atoms with Crippen molar-refractivity contribution in [3.63, 3.8) is 0 Å². The molecule has 3 aromatic rings. The van der Waals surface area contributed by atoms with Gasteiger partial charge >= 0.3 is 0 Å². The first-order valence-electron chi connectivity index (χ1n) is 7.45. The predicted molar refractivity (Wildman–Crippen MR) is 96.2 cm³/mol. The van der Waals surface area contributed by atoms with Crippen molar-refractivity contribution in [1.29, 1.82) is 0 Å². The number of aromatic nitrogens is 1. The van der Waals surface area contributed by atoms with Gasteiger partial charge in [-0.2, -0.15) is 0 Å². The molecule has 0 atom stereocenters. The van der Waals surface area contributed by atoms with Crippen LogP contribution in [0.1, 0.15) is 16.8 Å². The third-order valence-corrected chi connectivity index (χ3v) is 3.83. The van der Waals surface area contributed by atoms with Crippen LogP contribution in [0.2, 0.25) is 0 Å². The molecule has 0 bridgehead atoms. The Bertz CT molecular complexity index is 827. The zero-order valence-electron chi connectivity index (χ0n) is 13.2. The summed E-state index contributed by atoms with van der Waals surface area (Å²) in [5, 5.41) is 2.52. The average molecular weight is 288 g/mol. The van der Waals surface area contributed by atoms with E-state index in [1.165, 1.54) is 27.6 Å². The Morgan fingerprint density at radius 2 is 1.73 bits per heavy atom. The molecule has 3 rings (SSSR count). The number of hydrogen-bond acceptors (Lipinski definition) is 2. The summed E-state index contributed by atoms with van der Waals surface area (Å²) in [6, 6.07) is 16.9. The van der Waals surface area contributed by atoms with E-state index < -0.39 is 0 Å². The molecule has 0 N–H and O–H groups in total. The maximum Gasteiger partial charge on any atom is 0.0650 e. The average Bonchev–Trinajstić information content (AvgIpc) is 2.53. The summed E-state index contributed by atoms with van der Waals surface area (Å²) in [6.07, 6.45) is 6.14. The highest BCUT2D eigenvalue weighted by molar-refractivity contribution is 5.92. The van der Waals surface area contributed by atoms with Crippen LogP contribution in [0.4, 0.5) is 5.69 Å². The van der Waals surface area contributed by atoms with Crippen molar-refractivity contribution >= 4 is 28.6 Å². The van der Waals surface area contributed by atoms with Gasteiger partial charge in [-0.05, 0) is 41.0 Å². The van der Waals surface area contributed by atoms with Crippen LogP contribution >= 0.6 is 0 Å². The number of pyridine rings is 1. The van der Waals surface area contributed by atoms with Gasteiger partial charge in [-0.25, -0.2) is 0 Å². The summed E-state index contributed by atoms with van der Waals surface area (Å²) in [5.74, 6) is 0. The first-order chi connectivity index (χ1) is 10.6. The number of fused-ring (bicyclic) bond motifs is 1. The minimum Gasteiger partial charge on any atom is -0.377 e. The van der Waals surface area contributed by atoms with E-state index in [4.69, 9.17) is 0 Å². The van der Waals surface area contributed by atoms with E-state index in [9.17, 15) is 0 Å². The number of hydrogen-bond donors (Lipinski definition) is 0. The SMILES string of the molecule is Cc1cnc(C=Cc2cccc3ccccc23)cc1N(C)C. The fourth-order valence-corrected chi connectivity index (χ4v) is 2.67. The van der Waals surface area contributed by atoms with E-state index in [1.54, 1.807) is 0 Å². The van der Waals surface area contributed by atoms with E-state index in [-0.39, 0.29) is 0 Å². The highest BCUT2D eigenvalue weighted by Gasteiger charge is 2.02. The van der Waals surface area contributed by atoms with Crippen LogP contribution in [0, 0.1) is 6.92 Å². The number of nitrogens with zero attached hydrogens (tertiary/aromatic N) is 2. The van der Waals surface area contributed by atoms with Crippen LogP contribution in [-0.2, 0) is 0 Å². The zero-order valence-corrected chi connectivity index (χ0v) is 13.2. The molecule has 0 saturated heterocycles. The molecule has 0 amide bonds. The summed E-state index contributed by atoms with van der Waals surface area (Å²) in [6.45, 7) is 2.08. The van der Waals surface area contributed by atoms with Crippen molar-refractivity contribution in [3.8, 4) is 0 Å². The Morgan fingerprint density at radius 3 is 2.55 bits per heavy atom. The standard InChI is InChI=1S/C20H20N2/c1-15-14-21-18(13-20(15)22(2)3)12-11-17-9-6-8-16-7-4-5-10-19(16)17/h4-14H,1-3H3. The molecule has 2 nitrogen and oxygen atoms in total. The molecule has 1 heterocycles. The summed E-state index contributed by atoms with van der Waals surface area (Å²) >= 11 is 0. The quantitative estimate of drug-likeness (QED) is 0.689. The minimum absolute atomic E-state index is 0.974. The topological polar surface area (TPSA) is 16.1 Å². The number of rotatable bonds is 3. The van der Waals surface area contributed by atoms with Crippen molar-refractivity contribution in [2.45, 2.75) is 6.92 Å². The van der Waals surface area contributed by atoms with Gasteiger partial charge in [0.15, 0.2) is 0 Å². The Labute approximate surface area is 131 Å². The molecule has 0 aliphatic carbocycles. The van der Waals surface area contributed by atoms with E-state index in [1.807, 2.05) is 6.20 Å². The normalized spacial score (nSPS) is 11.2. The maximum atomic E-state index is 4.50. The van der Waals surface area contributed by atoms with Gasteiger partial charge in [0.05, 0.1) is 5.69 Å². The third kappa shape index (κ3) is 2.86. The second kappa shape index (κ2) is 6.02. The molecule has 0 unspecified atom stereocenters. The lowest BCUT2D eigenvalue weighted by Gasteiger charge is -2.15. The lowest BCUT2D eigenvalue weighted by molar-refractivity contribution is 1.09. The Hall–Kier alpha value is -2.61. The summed E-state index contributed by atoms with van der Waals surface area (Å²) in [4.78, 5) is 6.62. The van der Waals surface area contributed by atoms with Gasteiger partial charge < -0.3 is 4.90 Å². The number of benzene rings is 2. The van der Waals surface area contributed by atoms with Crippen molar-refractivity contribution in [3.05, 3.63) is 71.5 Å². The molecule has 0 aliphatic rings. The van der Waals surface area contributed by atoms with Crippen LogP contribution in [0.25, 0.3) is 22.9 Å². The number of aryl methyl sites for hydroxylation is 1. The molecular weight excluding hydrogens is 268 g/mol. The van der Waals surface area contributed by atoms with Crippen molar-refractivity contribution in [2.24, 2.45) is 0 Å². The molecule has 1 aromatic heterocycles. The van der Waals surface area contributed by atoms with Crippen LogP contribution < -0.4 is 4.90 Å². The van der Waals surface area contributed by atoms with Crippen molar-refractivity contribution in [2.75, 3.05) is 19.0 Å². The van der Waals surface area contributed by atoms with Gasteiger partial charge in [-0.1, -0.05) is 48.5 Å². The van der Waals surface area contributed by atoms with Gasteiger partial charge in [0.2, 0.25) is 0 Å². The van der Waals surface area contributed by atoms with Gasteiger partial charge in [0, 0.05) is 26.0 Å². The smallest absolute Gasteiger partial charge is 0.0650 e. The lowest BCUT2D eigenvalue weighted by Crippen LogP contribution is -2.10. The van der Waals surface area contributed by atoms with Crippen LogP contribution in [0.5, 0.6) is 0 Å².